The molecular weight excluding hydrogens is 349 g/mol. The first-order chi connectivity index (χ1) is 13.1. The minimum atomic E-state index is -0.890. The maximum absolute atomic E-state index is 12.1. The molecule has 0 atom stereocenters. The van der Waals surface area contributed by atoms with E-state index in [4.69, 9.17) is 18.9 Å². The van der Waals surface area contributed by atoms with E-state index in [-0.39, 0.29) is 18.1 Å². The van der Waals surface area contributed by atoms with Crippen molar-refractivity contribution in [3.8, 4) is 17.5 Å². The summed E-state index contributed by atoms with van der Waals surface area (Å²) in [6.45, 7) is 2.89. The van der Waals surface area contributed by atoms with Gasteiger partial charge in [-0.3, -0.25) is 0 Å². The van der Waals surface area contributed by atoms with Crippen LogP contribution in [0.5, 0.6) is 17.5 Å². The van der Waals surface area contributed by atoms with Gasteiger partial charge in [-0.15, -0.1) is 0 Å². The van der Waals surface area contributed by atoms with Crippen molar-refractivity contribution in [3.63, 3.8) is 0 Å². The Kier molecular flexibility index (Phi) is 5.00. The molecule has 0 bridgehead atoms. The highest BCUT2D eigenvalue weighted by molar-refractivity contribution is 6.61. The molecule has 0 radical (unpaired) electrons. The number of ether oxygens (including phenoxy) is 3. The highest BCUT2D eigenvalue weighted by Gasteiger charge is 2.27. The van der Waals surface area contributed by atoms with Crippen LogP contribution in [0.3, 0.4) is 0 Å². The quantitative estimate of drug-likeness (QED) is 0.591. The first-order valence-corrected chi connectivity index (χ1v) is 9.05. The van der Waals surface area contributed by atoms with Crippen molar-refractivity contribution >= 4 is 18.6 Å². The van der Waals surface area contributed by atoms with Gasteiger partial charge >= 0.3 is 13.1 Å². The van der Waals surface area contributed by atoms with Gasteiger partial charge in [-0.1, -0.05) is 6.07 Å². The average molecular weight is 369 g/mol. The molecular formula is C19H20BNO6. The van der Waals surface area contributed by atoms with Gasteiger partial charge in [0, 0.05) is 6.07 Å². The van der Waals surface area contributed by atoms with E-state index in [2.05, 4.69) is 4.98 Å². The number of aromatic nitrogens is 1. The molecule has 4 rings (SSSR count). The lowest BCUT2D eigenvalue weighted by Gasteiger charge is -2.12. The molecule has 1 saturated carbocycles. The summed E-state index contributed by atoms with van der Waals surface area (Å²) in [6, 6.07) is 8.51. The Hall–Kier alpha value is -2.58. The molecule has 1 aromatic carbocycles. The second-order valence-corrected chi connectivity index (χ2v) is 6.60. The summed E-state index contributed by atoms with van der Waals surface area (Å²) in [4.78, 5) is 16.5. The summed E-state index contributed by atoms with van der Waals surface area (Å²) in [5, 5.41) is 9.70. The lowest BCUT2D eigenvalue weighted by molar-refractivity contribution is 0.0520. The maximum Gasteiger partial charge on any atom is 0.491 e. The molecule has 2 aliphatic rings. The van der Waals surface area contributed by atoms with Gasteiger partial charge in [-0.25, -0.2) is 4.79 Å². The zero-order valence-corrected chi connectivity index (χ0v) is 15.0. The summed E-state index contributed by atoms with van der Waals surface area (Å²) in [7, 11) is -0.890. The molecule has 27 heavy (non-hydrogen) atoms. The third-order valence-electron chi connectivity index (χ3n) is 4.48. The van der Waals surface area contributed by atoms with Crippen LogP contribution in [0.25, 0.3) is 0 Å². The van der Waals surface area contributed by atoms with E-state index in [1.807, 2.05) is 0 Å². The summed E-state index contributed by atoms with van der Waals surface area (Å²) in [6.07, 6.45) is 2.27. The molecule has 8 heteroatoms. The van der Waals surface area contributed by atoms with Gasteiger partial charge in [0.15, 0.2) is 0 Å². The first-order valence-electron chi connectivity index (χ1n) is 9.05. The average Bonchev–Trinajstić information content (AvgIpc) is 3.43. The number of esters is 1. The number of hydrogen-bond donors (Lipinski definition) is 1. The molecule has 0 spiro atoms. The Bertz CT molecular complexity index is 854. The van der Waals surface area contributed by atoms with Crippen molar-refractivity contribution in [2.24, 2.45) is 5.92 Å². The molecule has 2 aromatic rings. The Morgan fingerprint density at radius 1 is 1.33 bits per heavy atom. The van der Waals surface area contributed by atoms with Crippen molar-refractivity contribution in [1.82, 2.24) is 4.98 Å². The molecule has 1 aliphatic heterocycles. The molecule has 140 valence electrons. The van der Waals surface area contributed by atoms with Crippen LogP contribution in [0.4, 0.5) is 0 Å². The summed E-state index contributed by atoms with van der Waals surface area (Å²) < 4.78 is 21.8. The second kappa shape index (κ2) is 7.58. The standard InChI is InChI=1S/C19H20BNO6/c1-2-24-19(22)15-6-8-17(21-18(15)25-10-12-3-4-12)27-14-5-7-16-13(9-14)11-26-20(16)23/h5-9,12,23H,2-4,10-11H2,1H3. The molecule has 2 heterocycles. The van der Waals surface area contributed by atoms with E-state index in [9.17, 15) is 9.82 Å². The molecule has 1 fully saturated rings. The Morgan fingerprint density at radius 3 is 2.96 bits per heavy atom. The monoisotopic (exact) mass is 369 g/mol. The van der Waals surface area contributed by atoms with Crippen molar-refractivity contribution in [2.45, 2.75) is 26.4 Å². The van der Waals surface area contributed by atoms with Crippen LogP contribution in [0.1, 0.15) is 35.7 Å². The first kappa shape index (κ1) is 17.8. The minimum absolute atomic E-state index is 0.220. The summed E-state index contributed by atoms with van der Waals surface area (Å²) in [5.41, 5.74) is 1.89. The lowest BCUT2D eigenvalue weighted by atomic mass is 9.80. The van der Waals surface area contributed by atoms with Crippen LogP contribution in [0.15, 0.2) is 30.3 Å². The van der Waals surface area contributed by atoms with Gasteiger partial charge in [0.2, 0.25) is 11.8 Å². The van der Waals surface area contributed by atoms with E-state index in [1.54, 1.807) is 37.3 Å². The minimum Gasteiger partial charge on any atom is -0.477 e. The van der Waals surface area contributed by atoms with E-state index in [0.29, 0.717) is 30.8 Å². The number of hydrogen-bond acceptors (Lipinski definition) is 7. The van der Waals surface area contributed by atoms with Crippen LogP contribution >= 0.6 is 0 Å². The van der Waals surface area contributed by atoms with Crippen molar-refractivity contribution in [3.05, 3.63) is 41.5 Å². The number of benzene rings is 1. The number of nitrogens with zero attached hydrogens (tertiary/aromatic N) is 1. The largest absolute Gasteiger partial charge is 0.491 e. The third kappa shape index (κ3) is 4.07. The Labute approximate surface area is 157 Å². The number of fused-ring (bicyclic) bond motifs is 1. The van der Waals surface area contributed by atoms with Crippen LogP contribution in [-0.2, 0) is 16.0 Å². The third-order valence-corrected chi connectivity index (χ3v) is 4.48. The van der Waals surface area contributed by atoms with Gasteiger partial charge in [0.05, 0.1) is 19.8 Å². The van der Waals surface area contributed by atoms with Crippen molar-refractivity contribution in [2.75, 3.05) is 13.2 Å². The number of pyridine rings is 1. The van der Waals surface area contributed by atoms with Crippen molar-refractivity contribution < 1.29 is 28.7 Å². The molecule has 1 N–H and O–H groups in total. The molecule has 1 aromatic heterocycles. The summed E-state index contributed by atoms with van der Waals surface area (Å²) in [5.74, 6) is 1.16. The SMILES string of the molecule is CCOC(=O)c1ccc(Oc2ccc3c(c2)COB3O)nc1OCC1CC1. The number of rotatable bonds is 7. The van der Waals surface area contributed by atoms with Gasteiger partial charge in [-0.2, -0.15) is 4.98 Å². The highest BCUT2D eigenvalue weighted by Crippen LogP contribution is 2.31. The zero-order chi connectivity index (χ0) is 18.8. The zero-order valence-electron chi connectivity index (χ0n) is 15.0. The van der Waals surface area contributed by atoms with Gasteiger partial charge in [0.1, 0.15) is 11.3 Å². The van der Waals surface area contributed by atoms with E-state index < -0.39 is 13.1 Å². The fourth-order valence-corrected chi connectivity index (χ4v) is 2.83. The highest BCUT2D eigenvalue weighted by atomic mass is 16.5. The fourth-order valence-electron chi connectivity index (χ4n) is 2.83. The molecule has 0 unspecified atom stereocenters. The number of carbonyl (C=O) groups is 1. The maximum atomic E-state index is 12.1. The topological polar surface area (TPSA) is 87.1 Å². The van der Waals surface area contributed by atoms with Crippen LogP contribution < -0.4 is 14.9 Å². The Balaban J connectivity index is 1.55. The second-order valence-electron chi connectivity index (χ2n) is 6.60. The van der Waals surface area contributed by atoms with E-state index in [1.165, 1.54) is 0 Å². The van der Waals surface area contributed by atoms with Gasteiger partial charge in [0.25, 0.3) is 0 Å². The predicted octanol–water partition coefficient (Wildman–Crippen LogP) is 2.06. The number of carbonyl (C=O) groups excluding carboxylic acids is 1. The van der Waals surface area contributed by atoms with Crippen LogP contribution in [0.2, 0.25) is 0 Å². The molecule has 1 aliphatic carbocycles. The van der Waals surface area contributed by atoms with Crippen LogP contribution in [0, 0.1) is 5.92 Å². The molecule has 7 nitrogen and oxygen atoms in total. The Morgan fingerprint density at radius 2 is 2.19 bits per heavy atom. The van der Waals surface area contributed by atoms with Gasteiger partial charge < -0.3 is 23.9 Å². The van der Waals surface area contributed by atoms with E-state index >= 15 is 0 Å². The van der Waals surface area contributed by atoms with Gasteiger partial charge in [-0.05, 0) is 54.9 Å². The van der Waals surface area contributed by atoms with Crippen molar-refractivity contribution in [1.29, 1.82) is 0 Å². The lowest BCUT2D eigenvalue weighted by Crippen LogP contribution is -2.27. The predicted molar refractivity (Wildman–Crippen MR) is 97.3 cm³/mol. The van der Waals surface area contributed by atoms with Crippen LogP contribution in [-0.4, -0.2) is 36.3 Å². The normalized spacial score (nSPS) is 15.4. The molecule has 0 amide bonds. The smallest absolute Gasteiger partial charge is 0.477 e. The van der Waals surface area contributed by atoms with E-state index in [0.717, 1.165) is 23.9 Å². The summed E-state index contributed by atoms with van der Waals surface area (Å²) >= 11 is 0. The molecule has 0 saturated heterocycles. The fraction of sp³-hybridized carbons (Fsp3) is 0.368.